The number of aryl methyl sites for hydroxylation is 1. The lowest BCUT2D eigenvalue weighted by Crippen LogP contribution is -2.33. The van der Waals surface area contributed by atoms with Crippen LogP contribution in [0.5, 0.6) is 0 Å². The van der Waals surface area contributed by atoms with E-state index in [9.17, 15) is 4.79 Å². The van der Waals surface area contributed by atoms with Gasteiger partial charge in [-0.1, -0.05) is 61.0 Å². The van der Waals surface area contributed by atoms with Crippen molar-refractivity contribution in [2.45, 2.75) is 19.4 Å². The third-order valence-electron chi connectivity index (χ3n) is 4.81. The van der Waals surface area contributed by atoms with Crippen LogP contribution < -0.4 is 10.6 Å². The zero-order valence-electron chi connectivity index (χ0n) is 16.9. The van der Waals surface area contributed by atoms with Gasteiger partial charge in [0.15, 0.2) is 0 Å². The van der Waals surface area contributed by atoms with Gasteiger partial charge in [0, 0.05) is 16.3 Å². The molecule has 0 aliphatic heterocycles. The number of benzene rings is 3. The van der Waals surface area contributed by atoms with E-state index in [1.54, 1.807) is 24.3 Å². The number of nitrogens with zero attached hydrogens (tertiary/aromatic N) is 2. The van der Waals surface area contributed by atoms with Gasteiger partial charge in [-0.15, -0.1) is 10.2 Å². The van der Waals surface area contributed by atoms with Crippen molar-refractivity contribution in [2.75, 3.05) is 5.32 Å². The van der Waals surface area contributed by atoms with Gasteiger partial charge in [-0.05, 0) is 53.9 Å². The van der Waals surface area contributed by atoms with Crippen LogP contribution in [-0.2, 0) is 6.42 Å². The van der Waals surface area contributed by atoms with E-state index >= 15 is 0 Å². The van der Waals surface area contributed by atoms with E-state index in [4.69, 9.17) is 16.0 Å². The summed E-state index contributed by atoms with van der Waals surface area (Å²) in [6.07, 6.45) is 0.940. The Hall–Kier alpha value is -3.64. The summed E-state index contributed by atoms with van der Waals surface area (Å²) in [4.78, 5) is 12.7. The number of nitrogens with one attached hydrogen (secondary N) is 2. The molecule has 1 atom stereocenters. The van der Waals surface area contributed by atoms with E-state index in [-0.39, 0.29) is 11.9 Å². The Morgan fingerprint density at radius 3 is 2.35 bits per heavy atom. The number of rotatable bonds is 6. The minimum Gasteiger partial charge on any atom is -0.418 e. The highest BCUT2D eigenvalue weighted by atomic mass is 35.5. The number of halogens is 1. The highest BCUT2D eigenvalue weighted by molar-refractivity contribution is 6.30. The van der Waals surface area contributed by atoms with Crippen molar-refractivity contribution in [3.8, 4) is 11.5 Å². The van der Waals surface area contributed by atoms with Gasteiger partial charge in [0.05, 0.1) is 0 Å². The maximum atomic E-state index is 12.7. The van der Waals surface area contributed by atoms with Crippen LogP contribution in [0.15, 0.2) is 83.3 Å². The number of aromatic nitrogens is 2. The van der Waals surface area contributed by atoms with Gasteiger partial charge in [0.25, 0.3) is 0 Å². The van der Waals surface area contributed by atoms with Crippen molar-refractivity contribution in [2.24, 2.45) is 0 Å². The highest BCUT2D eigenvalue weighted by Crippen LogP contribution is 2.26. The van der Waals surface area contributed by atoms with Crippen molar-refractivity contribution in [1.29, 1.82) is 0 Å². The Bertz CT molecular complexity index is 1140. The Balaban J connectivity index is 1.56. The number of anilines is 1. The first-order chi connectivity index (χ1) is 15.1. The fourth-order valence-corrected chi connectivity index (χ4v) is 3.24. The Morgan fingerprint density at radius 1 is 0.968 bits per heavy atom. The van der Waals surface area contributed by atoms with Crippen LogP contribution in [0.3, 0.4) is 0 Å². The van der Waals surface area contributed by atoms with Gasteiger partial charge in [-0.2, -0.15) is 0 Å². The maximum Gasteiger partial charge on any atom is 0.320 e. The van der Waals surface area contributed by atoms with Crippen LogP contribution in [0.1, 0.15) is 30.0 Å². The molecule has 4 aromatic rings. The summed E-state index contributed by atoms with van der Waals surface area (Å²) in [6, 6.07) is 23.3. The zero-order chi connectivity index (χ0) is 21.6. The minimum atomic E-state index is -0.607. The number of amides is 2. The topological polar surface area (TPSA) is 80.0 Å². The zero-order valence-corrected chi connectivity index (χ0v) is 17.6. The summed E-state index contributed by atoms with van der Waals surface area (Å²) in [6.45, 7) is 2.09. The SMILES string of the molecule is CCc1ccc(NC(=O)N[C@H](c2ccccc2)c2nnc(-c3ccc(Cl)cc3)o2)cc1. The van der Waals surface area contributed by atoms with Crippen molar-refractivity contribution in [1.82, 2.24) is 15.5 Å². The predicted octanol–water partition coefficient (Wildman–Crippen LogP) is 5.86. The molecule has 0 unspecified atom stereocenters. The Kier molecular flexibility index (Phi) is 6.29. The Morgan fingerprint density at radius 2 is 1.68 bits per heavy atom. The van der Waals surface area contributed by atoms with Gasteiger partial charge in [0.1, 0.15) is 6.04 Å². The molecule has 2 amide bonds. The quantitative estimate of drug-likeness (QED) is 0.399. The van der Waals surface area contributed by atoms with Crippen LogP contribution in [0.2, 0.25) is 5.02 Å². The van der Waals surface area contributed by atoms with E-state index < -0.39 is 6.04 Å². The first-order valence-corrected chi connectivity index (χ1v) is 10.3. The summed E-state index contributed by atoms with van der Waals surface area (Å²) in [5, 5.41) is 14.7. The molecule has 0 aliphatic rings. The van der Waals surface area contributed by atoms with Crippen LogP contribution in [0.4, 0.5) is 10.5 Å². The average Bonchev–Trinajstić information content (AvgIpc) is 3.29. The number of urea groups is 1. The summed E-state index contributed by atoms with van der Waals surface area (Å²) < 4.78 is 5.90. The second kappa shape index (κ2) is 9.45. The molecule has 1 aromatic heterocycles. The van der Waals surface area contributed by atoms with E-state index in [1.807, 2.05) is 54.6 Å². The fourth-order valence-electron chi connectivity index (χ4n) is 3.12. The number of carbonyl (C=O) groups is 1. The first-order valence-electron chi connectivity index (χ1n) is 9.93. The van der Waals surface area contributed by atoms with E-state index in [2.05, 4.69) is 27.8 Å². The molecular weight excluding hydrogens is 412 g/mol. The summed E-state index contributed by atoms with van der Waals surface area (Å²) in [7, 11) is 0. The molecule has 0 fully saturated rings. The third kappa shape index (κ3) is 5.10. The summed E-state index contributed by atoms with van der Waals surface area (Å²) in [5.41, 5.74) is 3.48. The standard InChI is InChI=1S/C24H21ClN4O2/c1-2-16-8-14-20(15-9-16)26-24(30)27-21(17-6-4-3-5-7-17)23-29-28-22(31-23)18-10-12-19(25)13-11-18/h3-15,21H,2H2,1H3,(H2,26,27,30)/t21-/m1/s1. The monoisotopic (exact) mass is 432 g/mol. The molecule has 0 bridgehead atoms. The summed E-state index contributed by atoms with van der Waals surface area (Å²) in [5.74, 6) is 0.637. The van der Waals surface area contributed by atoms with Crippen LogP contribution in [-0.4, -0.2) is 16.2 Å². The molecule has 0 saturated heterocycles. The largest absolute Gasteiger partial charge is 0.418 e. The molecule has 0 saturated carbocycles. The van der Waals surface area contributed by atoms with Crippen LogP contribution in [0, 0.1) is 0 Å². The lowest BCUT2D eigenvalue weighted by atomic mass is 10.1. The van der Waals surface area contributed by atoms with Gasteiger partial charge in [-0.3, -0.25) is 0 Å². The molecular formula is C24H21ClN4O2. The second-order valence-corrected chi connectivity index (χ2v) is 7.38. The normalized spacial score (nSPS) is 11.7. The van der Waals surface area contributed by atoms with E-state index in [0.29, 0.717) is 16.6 Å². The molecule has 6 nitrogen and oxygen atoms in total. The van der Waals surface area contributed by atoms with Crippen molar-refractivity contribution < 1.29 is 9.21 Å². The van der Waals surface area contributed by atoms with Gasteiger partial charge < -0.3 is 15.1 Å². The Labute approximate surface area is 185 Å². The molecule has 0 radical (unpaired) electrons. The third-order valence-corrected chi connectivity index (χ3v) is 5.06. The average molecular weight is 433 g/mol. The predicted molar refractivity (Wildman–Crippen MR) is 121 cm³/mol. The first kappa shape index (κ1) is 20.6. The molecule has 4 rings (SSSR count). The van der Waals surface area contributed by atoms with Crippen molar-refractivity contribution in [3.63, 3.8) is 0 Å². The van der Waals surface area contributed by atoms with E-state index in [0.717, 1.165) is 17.5 Å². The van der Waals surface area contributed by atoms with Crippen molar-refractivity contribution in [3.05, 3.63) is 101 Å². The maximum absolute atomic E-state index is 12.7. The molecule has 2 N–H and O–H groups in total. The van der Waals surface area contributed by atoms with Gasteiger partial charge in [-0.25, -0.2) is 4.79 Å². The summed E-state index contributed by atoms with van der Waals surface area (Å²) >= 11 is 5.95. The van der Waals surface area contributed by atoms with E-state index in [1.165, 1.54) is 5.56 Å². The van der Waals surface area contributed by atoms with Crippen LogP contribution in [0.25, 0.3) is 11.5 Å². The molecule has 0 aliphatic carbocycles. The second-order valence-electron chi connectivity index (χ2n) is 6.94. The number of hydrogen-bond donors (Lipinski definition) is 2. The molecule has 7 heteroatoms. The lowest BCUT2D eigenvalue weighted by Gasteiger charge is -2.16. The van der Waals surface area contributed by atoms with Crippen LogP contribution >= 0.6 is 11.6 Å². The van der Waals surface area contributed by atoms with Gasteiger partial charge in [0.2, 0.25) is 11.8 Å². The smallest absolute Gasteiger partial charge is 0.320 e. The van der Waals surface area contributed by atoms with Gasteiger partial charge >= 0.3 is 6.03 Å². The van der Waals surface area contributed by atoms with Crippen molar-refractivity contribution >= 4 is 23.3 Å². The lowest BCUT2D eigenvalue weighted by molar-refractivity contribution is 0.248. The number of hydrogen-bond acceptors (Lipinski definition) is 4. The molecule has 0 spiro atoms. The minimum absolute atomic E-state index is 0.285. The fraction of sp³-hybridized carbons (Fsp3) is 0.125. The molecule has 156 valence electrons. The molecule has 1 heterocycles. The molecule has 3 aromatic carbocycles. The number of carbonyl (C=O) groups excluding carboxylic acids is 1. The molecule has 31 heavy (non-hydrogen) atoms. The highest BCUT2D eigenvalue weighted by Gasteiger charge is 2.23.